The molecule has 14 heteroatoms. The van der Waals surface area contributed by atoms with Gasteiger partial charge in [0.25, 0.3) is 0 Å². The number of nitrogens with one attached hydrogen (secondary N) is 1. The van der Waals surface area contributed by atoms with Crippen LogP contribution in [0.3, 0.4) is 0 Å². The molecule has 0 aliphatic heterocycles. The van der Waals surface area contributed by atoms with E-state index >= 15 is 0 Å². The third kappa shape index (κ3) is 6.41. The van der Waals surface area contributed by atoms with Crippen LogP contribution in [0.4, 0.5) is 30.7 Å². The molecule has 31 heavy (non-hydrogen) atoms. The van der Waals surface area contributed by atoms with E-state index in [9.17, 15) is 30.7 Å². The van der Waals surface area contributed by atoms with Gasteiger partial charge in [0.15, 0.2) is 0 Å². The summed E-state index contributed by atoms with van der Waals surface area (Å²) in [4.78, 5) is 0. The number of ether oxygens (including phenoxy) is 1. The number of halogens is 11. The Balaban J connectivity index is 2.12. The highest BCUT2D eigenvalue weighted by Gasteiger charge is 2.73. The van der Waals surface area contributed by atoms with Crippen LogP contribution in [0.25, 0.3) is 0 Å². The fourth-order valence-corrected chi connectivity index (χ4v) is 4.46. The minimum Gasteiger partial charge on any atom is -0.487 e. The first-order valence-electron chi connectivity index (χ1n) is 7.84. The molecule has 0 saturated carbocycles. The van der Waals surface area contributed by atoms with Crippen molar-refractivity contribution in [1.82, 2.24) is 5.43 Å². The maximum atomic E-state index is 13.2. The summed E-state index contributed by atoms with van der Waals surface area (Å²) < 4.78 is 95.2. The molecule has 2 aromatic rings. The Morgan fingerprint density at radius 3 is 2.03 bits per heavy atom. The summed E-state index contributed by atoms with van der Waals surface area (Å²) in [5, 5.41) is 3.56. The molecule has 0 aromatic heterocycles. The van der Waals surface area contributed by atoms with E-state index in [1.807, 2.05) is 45.2 Å². The summed E-state index contributed by atoms with van der Waals surface area (Å²) >= 11 is 15.5. The number of alkyl halides is 7. The van der Waals surface area contributed by atoms with Gasteiger partial charge in [-0.15, -0.1) is 0 Å². The van der Waals surface area contributed by atoms with Gasteiger partial charge >= 0.3 is 18.1 Å². The van der Waals surface area contributed by atoms with Crippen molar-refractivity contribution in [1.29, 1.82) is 0 Å². The number of rotatable bonds is 7. The normalized spacial score (nSPS) is 13.0. The molecular formula is C17H9Cl2F7I2N2O. The van der Waals surface area contributed by atoms with Gasteiger partial charge < -0.3 is 4.74 Å². The van der Waals surface area contributed by atoms with Crippen molar-refractivity contribution in [3.8, 4) is 5.75 Å². The highest BCUT2D eigenvalue weighted by atomic mass is 127. The second kappa shape index (κ2) is 10.0. The molecule has 0 amide bonds. The Morgan fingerprint density at radius 1 is 0.935 bits per heavy atom. The molecule has 0 aliphatic carbocycles. The lowest BCUT2D eigenvalue weighted by molar-refractivity contribution is -0.361. The molecule has 0 bridgehead atoms. The van der Waals surface area contributed by atoms with Crippen molar-refractivity contribution in [3.63, 3.8) is 0 Å². The van der Waals surface area contributed by atoms with Crippen LogP contribution in [-0.4, -0.2) is 24.4 Å². The smallest absolute Gasteiger partial charge is 0.462 e. The van der Waals surface area contributed by atoms with Gasteiger partial charge in [0.1, 0.15) is 12.4 Å². The second-order valence-electron chi connectivity index (χ2n) is 5.87. The third-order valence-corrected chi connectivity index (χ3v) is 5.90. The number of benzene rings is 2. The van der Waals surface area contributed by atoms with Gasteiger partial charge in [0.2, 0.25) is 0 Å². The molecule has 0 spiro atoms. The van der Waals surface area contributed by atoms with Crippen LogP contribution in [-0.2, 0) is 6.61 Å². The maximum Gasteiger partial charge on any atom is 0.462 e. The predicted molar refractivity (Wildman–Crippen MR) is 119 cm³/mol. The van der Waals surface area contributed by atoms with Gasteiger partial charge in [-0.25, -0.2) is 5.43 Å². The zero-order valence-electron chi connectivity index (χ0n) is 14.7. The Hall–Kier alpha value is -0.740. The van der Waals surface area contributed by atoms with E-state index in [0.29, 0.717) is 34.6 Å². The second-order valence-corrected chi connectivity index (χ2v) is 9.01. The van der Waals surface area contributed by atoms with Crippen LogP contribution < -0.4 is 10.2 Å². The molecule has 0 atom stereocenters. The van der Waals surface area contributed by atoms with Gasteiger partial charge in [-0.2, -0.15) is 35.8 Å². The first kappa shape index (κ1) is 26.5. The third-order valence-electron chi connectivity index (χ3n) is 3.56. The number of hydrogen-bond donors (Lipinski definition) is 1. The molecule has 1 N–H and O–H groups in total. The quantitative estimate of drug-likeness (QED) is 0.106. The zero-order chi connectivity index (χ0) is 23.6. The van der Waals surface area contributed by atoms with E-state index in [0.717, 1.165) is 5.56 Å². The van der Waals surface area contributed by atoms with Crippen LogP contribution >= 0.6 is 68.4 Å². The SMILES string of the molecule is FC(F)(F)C(F)(F)C(F)(F)N/N=C\c1cc(I)c(OCc2ccc(Cl)c(Cl)c2)c(I)c1. The molecule has 0 unspecified atom stereocenters. The van der Waals surface area contributed by atoms with Crippen LogP contribution in [0.2, 0.25) is 10.0 Å². The van der Waals surface area contributed by atoms with Gasteiger partial charge in [0, 0.05) is 0 Å². The zero-order valence-corrected chi connectivity index (χ0v) is 20.5. The van der Waals surface area contributed by atoms with Crippen molar-refractivity contribution < 1.29 is 35.5 Å². The summed E-state index contributed by atoms with van der Waals surface area (Å²) in [6.07, 6.45) is -5.76. The highest BCUT2D eigenvalue weighted by molar-refractivity contribution is 14.1. The average molecular weight is 715 g/mol. The molecule has 2 rings (SSSR count). The molecular weight excluding hydrogens is 706 g/mol. The van der Waals surface area contributed by atoms with Crippen LogP contribution in [0.15, 0.2) is 35.4 Å². The standard InChI is InChI=1S/C17H9Cl2F7I2N2O/c18-10-2-1-8(3-11(10)19)7-31-14-12(27)4-9(5-13(14)28)6-29-30-17(25,26)15(20,21)16(22,23)24/h1-6,30H,7H2/b29-6-. The van der Waals surface area contributed by atoms with E-state index in [2.05, 4.69) is 5.10 Å². The van der Waals surface area contributed by atoms with Gasteiger partial charge in [-0.1, -0.05) is 29.3 Å². The van der Waals surface area contributed by atoms with Gasteiger partial charge in [-0.05, 0) is 80.6 Å². The lowest BCUT2D eigenvalue weighted by atomic mass is 10.2. The van der Waals surface area contributed by atoms with Gasteiger partial charge in [-0.3, -0.25) is 0 Å². The Bertz CT molecular complexity index is 964. The Morgan fingerprint density at radius 2 is 1.52 bits per heavy atom. The summed E-state index contributed by atoms with van der Waals surface area (Å²) in [6, 6.07) is 2.12. The van der Waals surface area contributed by atoms with E-state index < -0.39 is 18.1 Å². The fraction of sp³-hybridized carbons (Fsp3) is 0.235. The average Bonchev–Trinajstić information content (AvgIpc) is 2.62. The fourth-order valence-electron chi connectivity index (χ4n) is 2.01. The molecule has 0 aliphatic rings. The molecule has 0 radical (unpaired) electrons. The lowest BCUT2D eigenvalue weighted by Crippen LogP contribution is -2.58. The Labute approximate surface area is 208 Å². The number of nitrogens with zero attached hydrogens (tertiary/aromatic N) is 1. The van der Waals surface area contributed by atoms with Crippen LogP contribution in [0.1, 0.15) is 11.1 Å². The number of hydrogen-bond acceptors (Lipinski definition) is 3. The summed E-state index contributed by atoms with van der Waals surface area (Å²) in [5.41, 5.74) is 1.46. The van der Waals surface area contributed by atoms with Crippen LogP contribution in [0, 0.1) is 7.14 Å². The summed E-state index contributed by atoms with van der Waals surface area (Å²) in [7, 11) is 0. The van der Waals surface area contributed by atoms with E-state index in [1.54, 1.807) is 18.2 Å². The van der Waals surface area contributed by atoms with Crippen molar-refractivity contribution >= 4 is 74.6 Å². The van der Waals surface area contributed by atoms with E-state index in [4.69, 9.17) is 27.9 Å². The maximum absolute atomic E-state index is 13.2. The molecule has 0 fully saturated rings. The van der Waals surface area contributed by atoms with E-state index in [-0.39, 0.29) is 12.2 Å². The first-order valence-corrected chi connectivity index (χ1v) is 10.8. The number of hydrazone groups is 1. The van der Waals surface area contributed by atoms with Crippen molar-refractivity contribution in [2.75, 3.05) is 0 Å². The van der Waals surface area contributed by atoms with E-state index in [1.165, 1.54) is 12.1 Å². The lowest BCUT2D eigenvalue weighted by Gasteiger charge is -2.27. The molecule has 2 aromatic carbocycles. The molecule has 0 saturated heterocycles. The molecule has 3 nitrogen and oxygen atoms in total. The van der Waals surface area contributed by atoms with Crippen molar-refractivity contribution in [3.05, 3.63) is 58.6 Å². The van der Waals surface area contributed by atoms with Crippen LogP contribution in [0.5, 0.6) is 5.75 Å². The Kier molecular flexibility index (Phi) is 8.58. The minimum absolute atomic E-state index is 0.136. The predicted octanol–water partition coefficient (Wildman–Crippen LogP) is 7.50. The largest absolute Gasteiger partial charge is 0.487 e. The van der Waals surface area contributed by atoms with Crippen molar-refractivity contribution in [2.45, 2.75) is 24.8 Å². The topological polar surface area (TPSA) is 33.6 Å². The summed E-state index contributed by atoms with van der Waals surface area (Å²) in [6.45, 7) is 0.136. The summed E-state index contributed by atoms with van der Waals surface area (Å²) in [5.74, 6) is -5.87. The minimum atomic E-state index is -6.45. The monoisotopic (exact) mass is 714 g/mol. The van der Waals surface area contributed by atoms with Gasteiger partial charge in [0.05, 0.1) is 23.4 Å². The first-order chi connectivity index (χ1) is 14.2. The molecule has 0 heterocycles. The van der Waals surface area contributed by atoms with Crippen molar-refractivity contribution in [2.24, 2.45) is 5.10 Å². The highest BCUT2D eigenvalue weighted by Crippen LogP contribution is 2.45. The molecule has 170 valence electrons.